The molecule has 0 unspecified atom stereocenters. The molecule has 0 saturated carbocycles. The van der Waals surface area contributed by atoms with Crippen LogP contribution in [0.5, 0.6) is 0 Å². The van der Waals surface area contributed by atoms with Crippen molar-refractivity contribution in [3.05, 3.63) is 65.7 Å². The van der Waals surface area contributed by atoms with Gasteiger partial charge < -0.3 is 15.4 Å². The number of hydrogen-bond acceptors (Lipinski definition) is 5. The van der Waals surface area contributed by atoms with Crippen molar-refractivity contribution in [2.45, 2.75) is 25.8 Å². The van der Waals surface area contributed by atoms with Crippen LogP contribution in [0, 0.1) is 0 Å². The van der Waals surface area contributed by atoms with E-state index in [9.17, 15) is 19.2 Å². The number of ether oxygens (including phenoxy) is 1. The number of anilines is 1. The summed E-state index contributed by atoms with van der Waals surface area (Å²) in [7, 11) is 0. The molecule has 3 rings (SSSR count). The number of carbonyl (C=O) groups is 4. The van der Waals surface area contributed by atoms with Crippen molar-refractivity contribution in [2.24, 2.45) is 0 Å². The molecule has 8 heteroatoms. The lowest BCUT2D eigenvalue weighted by Crippen LogP contribution is -2.41. The summed E-state index contributed by atoms with van der Waals surface area (Å²) < 4.78 is 4.94. The molecule has 2 aromatic rings. The lowest BCUT2D eigenvalue weighted by Gasteiger charge is -2.15. The van der Waals surface area contributed by atoms with Gasteiger partial charge in [0.2, 0.25) is 0 Å². The van der Waals surface area contributed by atoms with E-state index < -0.39 is 42.5 Å². The van der Waals surface area contributed by atoms with Crippen LogP contribution >= 0.6 is 0 Å². The fourth-order valence-electron chi connectivity index (χ4n) is 3.08. The lowest BCUT2D eigenvalue weighted by atomic mass is 10.0. The highest BCUT2D eigenvalue weighted by Crippen LogP contribution is 2.19. The molecule has 0 aromatic heterocycles. The van der Waals surface area contributed by atoms with Crippen LogP contribution in [0.2, 0.25) is 0 Å². The Labute approximate surface area is 174 Å². The number of rotatable bonds is 7. The zero-order valence-corrected chi connectivity index (χ0v) is 16.8. The molecule has 0 spiro atoms. The van der Waals surface area contributed by atoms with Gasteiger partial charge in [-0.15, -0.1) is 0 Å². The number of nitrogens with zero attached hydrogens (tertiary/aromatic N) is 1. The molecule has 2 aromatic carbocycles. The van der Waals surface area contributed by atoms with Crippen molar-refractivity contribution < 1.29 is 23.9 Å². The first kappa shape index (κ1) is 21.0. The van der Waals surface area contributed by atoms with Gasteiger partial charge in [0.05, 0.1) is 0 Å². The molecule has 156 valence electrons. The molecule has 0 radical (unpaired) electrons. The predicted molar refractivity (Wildman–Crippen MR) is 110 cm³/mol. The van der Waals surface area contributed by atoms with Crippen LogP contribution in [-0.4, -0.2) is 47.4 Å². The molecule has 1 fully saturated rings. The number of nitrogens with one attached hydrogen (secondary N) is 2. The minimum Gasteiger partial charge on any atom is -0.454 e. The summed E-state index contributed by atoms with van der Waals surface area (Å²) >= 11 is 0. The van der Waals surface area contributed by atoms with E-state index in [0.29, 0.717) is 12.1 Å². The van der Waals surface area contributed by atoms with Crippen molar-refractivity contribution in [3.63, 3.8) is 0 Å². The molecule has 1 saturated heterocycles. The van der Waals surface area contributed by atoms with Gasteiger partial charge in [0.1, 0.15) is 12.1 Å². The largest absolute Gasteiger partial charge is 0.454 e. The Morgan fingerprint density at radius 1 is 1.03 bits per heavy atom. The Morgan fingerprint density at radius 2 is 1.70 bits per heavy atom. The standard InChI is InChI=1S/C22H23N3O5/c1-22(2)20(28)25(21(29)24-22)13-19(27)30-14-18(26)23-17-11-7-6-10-16(17)12-15-8-4-3-5-9-15/h3-11H,12-14H2,1-2H3,(H,23,26)(H,24,29). The molecule has 1 aliphatic heterocycles. The molecular formula is C22H23N3O5. The number of hydrogen-bond donors (Lipinski definition) is 2. The number of esters is 1. The van der Waals surface area contributed by atoms with Gasteiger partial charge in [-0.3, -0.25) is 19.3 Å². The topological polar surface area (TPSA) is 105 Å². The van der Waals surface area contributed by atoms with E-state index >= 15 is 0 Å². The molecule has 0 aliphatic carbocycles. The Kier molecular flexibility index (Phi) is 6.15. The van der Waals surface area contributed by atoms with Crippen molar-refractivity contribution in [1.82, 2.24) is 10.2 Å². The van der Waals surface area contributed by atoms with Crippen LogP contribution < -0.4 is 10.6 Å². The first-order chi connectivity index (χ1) is 14.3. The van der Waals surface area contributed by atoms with E-state index in [2.05, 4.69) is 10.6 Å². The monoisotopic (exact) mass is 409 g/mol. The zero-order chi connectivity index (χ0) is 21.7. The third-order valence-corrected chi connectivity index (χ3v) is 4.62. The van der Waals surface area contributed by atoms with E-state index in [0.717, 1.165) is 16.0 Å². The first-order valence-electron chi connectivity index (χ1n) is 9.47. The van der Waals surface area contributed by atoms with Crippen molar-refractivity contribution in [3.8, 4) is 0 Å². The van der Waals surface area contributed by atoms with Gasteiger partial charge in [-0.1, -0.05) is 48.5 Å². The Balaban J connectivity index is 1.53. The minimum absolute atomic E-state index is 0.513. The van der Waals surface area contributed by atoms with Crippen LogP contribution in [0.4, 0.5) is 10.5 Å². The average molecular weight is 409 g/mol. The summed E-state index contributed by atoms with van der Waals surface area (Å²) in [5.74, 6) is -1.88. The summed E-state index contributed by atoms with van der Waals surface area (Å²) in [6, 6.07) is 16.5. The maximum Gasteiger partial charge on any atom is 0.326 e. The molecule has 2 N–H and O–H groups in total. The number of benzene rings is 2. The molecule has 8 nitrogen and oxygen atoms in total. The predicted octanol–water partition coefficient (Wildman–Crippen LogP) is 2.09. The van der Waals surface area contributed by atoms with E-state index in [4.69, 9.17) is 4.74 Å². The molecular weight excluding hydrogens is 386 g/mol. The normalized spacial score (nSPS) is 14.9. The second kappa shape index (κ2) is 8.77. The van der Waals surface area contributed by atoms with Gasteiger partial charge in [-0.25, -0.2) is 4.79 Å². The average Bonchev–Trinajstić information content (AvgIpc) is 2.90. The van der Waals surface area contributed by atoms with Gasteiger partial charge in [0.15, 0.2) is 6.61 Å². The van der Waals surface area contributed by atoms with Crippen molar-refractivity contribution in [2.75, 3.05) is 18.5 Å². The van der Waals surface area contributed by atoms with E-state index in [1.807, 2.05) is 42.5 Å². The fraction of sp³-hybridized carbons (Fsp3) is 0.273. The summed E-state index contributed by atoms with van der Waals surface area (Å²) in [4.78, 5) is 48.9. The van der Waals surface area contributed by atoms with Crippen LogP contribution in [0.15, 0.2) is 54.6 Å². The number of imide groups is 1. The maximum absolute atomic E-state index is 12.2. The maximum atomic E-state index is 12.2. The third kappa shape index (κ3) is 5.02. The number of para-hydroxylation sites is 1. The molecule has 0 bridgehead atoms. The van der Waals surface area contributed by atoms with Crippen LogP contribution in [0.25, 0.3) is 0 Å². The van der Waals surface area contributed by atoms with Crippen LogP contribution in [0.1, 0.15) is 25.0 Å². The Morgan fingerprint density at radius 3 is 2.37 bits per heavy atom. The van der Waals surface area contributed by atoms with Gasteiger partial charge in [0, 0.05) is 5.69 Å². The Hall–Kier alpha value is -3.68. The third-order valence-electron chi connectivity index (χ3n) is 4.62. The van der Waals surface area contributed by atoms with Gasteiger partial charge in [-0.05, 0) is 37.5 Å². The number of amides is 4. The second-order valence-electron chi connectivity index (χ2n) is 7.47. The van der Waals surface area contributed by atoms with Gasteiger partial charge >= 0.3 is 12.0 Å². The highest BCUT2D eigenvalue weighted by Gasteiger charge is 2.45. The number of carbonyl (C=O) groups excluding carboxylic acids is 4. The smallest absolute Gasteiger partial charge is 0.326 e. The minimum atomic E-state index is -1.07. The summed E-state index contributed by atoms with van der Waals surface area (Å²) in [5.41, 5.74) is 1.57. The van der Waals surface area contributed by atoms with Crippen molar-refractivity contribution >= 4 is 29.5 Å². The van der Waals surface area contributed by atoms with Gasteiger partial charge in [-0.2, -0.15) is 0 Å². The zero-order valence-electron chi connectivity index (χ0n) is 16.8. The van der Waals surface area contributed by atoms with E-state index in [-0.39, 0.29) is 0 Å². The Bertz CT molecular complexity index is 972. The van der Waals surface area contributed by atoms with E-state index in [1.54, 1.807) is 26.0 Å². The van der Waals surface area contributed by atoms with Gasteiger partial charge in [0.25, 0.3) is 11.8 Å². The summed E-state index contributed by atoms with van der Waals surface area (Å²) in [6.45, 7) is 2.01. The summed E-state index contributed by atoms with van der Waals surface area (Å²) in [5, 5.41) is 5.21. The van der Waals surface area contributed by atoms with Crippen LogP contribution in [0.3, 0.4) is 0 Å². The molecule has 0 atom stereocenters. The summed E-state index contributed by atoms with van der Waals surface area (Å²) in [6.07, 6.45) is 0.638. The fourth-order valence-corrected chi connectivity index (χ4v) is 3.08. The highest BCUT2D eigenvalue weighted by molar-refractivity contribution is 6.08. The molecule has 1 aliphatic rings. The van der Waals surface area contributed by atoms with Crippen molar-refractivity contribution in [1.29, 1.82) is 0 Å². The van der Waals surface area contributed by atoms with E-state index in [1.165, 1.54) is 0 Å². The molecule has 1 heterocycles. The highest BCUT2D eigenvalue weighted by atomic mass is 16.5. The SMILES string of the molecule is CC1(C)NC(=O)N(CC(=O)OCC(=O)Nc2ccccc2Cc2ccccc2)C1=O. The number of urea groups is 1. The quantitative estimate of drug-likeness (QED) is 0.538. The van der Waals surface area contributed by atoms with Crippen LogP contribution in [-0.2, 0) is 25.5 Å². The molecule has 4 amide bonds. The lowest BCUT2D eigenvalue weighted by molar-refractivity contribution is -0.150. The first-order valence-corrected chi connectivity index (χ1v) is 9.47. The molecule has 30 heavy (non-hydrogen) atoms. The second-order valence-corrected chi connectivity index (χ2v) is 7.47.